The molecule has 0 spiro atoms. The summed E-state index contributed by atoms with van der Waals surface area (Å²) in [6, 6.07) is 5.30. The van der Waals surface area contributed by atoms with Gasteiger partial charge in [0.2, 0.25) is 0 Å². The van der Waals surface area contributed by atoms with Crippen molar-refractivity contribution in [1.82, 2.24) is 5.32 Å². The lowest BCUT2D eigenvalue weighted by Gasteiger charge is -2.21. The third-order valence-electron chi connectivity index (χ3n) is 3.81. The van der Waals surface area contributed by atoms with Crippen molar-refractivity contribution in [3.8, 4) is 11.5 Å². The Bertz CT molecular complexity index is 1020. The van der Waals surface area contributed by atoms with E-state index in [9.17, 15) is 27.1 Å². The first-order valence-corrected chi connectivity index (χ1v) is 10.0. The predicted molar refractivity (Wildman–Crippen MR) is 108 cm³/mol. The number of hydrogen-bond acceptors (Lipinski definition) is 6. The Morgan fingerprint density at radius 2 is 1.77 bits per heavy atom. The van der Waals surface area contributed by atoms with Crippen LogP contribution in [0.25, 0.3) is 0 Å². The van der Waals surface area contributed by atoms with Crippen LogP contribution in [0, 0.1) is 11.6 Å². The van der Waals surface area contributed by atoms with Gasteiger partial charge in [0.1, 0.15) is 5.82 Å². The number of benzene rings is 2. The number of nitrogens with one attached hydrogen (secondary N) is 2. The first-order chi connectivity index (χ1) is 14.4. The quantitative estimate of drug-likeness (QED) is 0.489. The molecule has 0 aliphatic heterocycles. The van der Waals surface area contributed by atoms with E-state index in [0.717, 1.165) is 19.2 Å². The Labute approximate surface area is 180 Å². The molecule has 1 amide bonds. The number of methoxy groups -OCH3 is 1. The van der Waals surface area contributed by atoms with Crippen molar-refractivity contribution in [1.29, 1.82) is 0 Å². The van der Waals surface area contributed by atoms with Gasteiger partial charge in [-0.1, -0.05) is 0 Å². The zero-order chi connectivity index (χ0) is 23.3. The number of rotatable bonds is 7. The van der Waals surface area contributed by atoms with E-state index in [1.807, 2.05) is 0 Å². The maximum Gasteiger partial charge on any atom is 0.310 e. The highest BCUT2D eigenvalue weighted by molar-refractivity contribution is 7.80. The van der Waals surface area contributed by atoms with Crippen molar-refractivity contribution < 1.29 is 36.6 Å². The van der Waals surface area contributed by atoms with E-state index in [2.05, 4.69) is 14.8 Å². The van der Waals surface area contributed by atoms with E-state index >= 15 is 0 Å². The SMILES string of the molecule is COC(=O)Cc1cc(F)c(Oc2ccc(C(=O)NC(C)(C)C)cc2NS(=O)[O-])cc1F. The van der Waals surface area contributed by atoms with Gasteiger partial charge in [-0.2, -0.15) is 0 Å². The average molecular weight is 455 g/mol. The molecule has 31 heavy (non-hydrogen) atoms. The molecule has 0 saturated carbocycles. The minimum Gasteiger partial charge on any atom is -0.755 e. The van der Waals surface area contributed by atoms with Crippen LogP contribution in [0.3, 0.4) is 0 Å². The van der Waals surface area contributed by atoms with Gasteiger partial charge in [-0.3, -0.25) is 13.8 Å². The monoisotopic (exact) mass is 455 g/mol. The van der Waals surface area contributed by atoms with Gasteiger partial charge >= 0.3 is 5.97 Å². The van der Waals surface area contributed by atoms with E-state index in [0.29, 0.717) is 0 Å². The third-order valence-corrected chi connectivity index (χ3v) is 4.19. The Morgan fingerprint density at radius 1 is 1.10 bits per heavy atom. The van der Waals surface area contributed by atoms with Crippen molar-refractivity contribution in [3.05, 3.63) is 53.1 Å². The molecule has 168 valence electrons. The lowest BCUT2D eigenvalue weighted by atomic mass is 10.1. The number of carbonyl (C=O) groups is 2. The van der Waals surface area contributed by atoms with Crippen LogP contribution >= 0.6 is 0 Å². The van der Waals surface area contributed by atoms with Crippen LogP contribution in [0.5, 0.6) is 11.5 Å². The number of amides is 1. The van der Waals surface area contributed by atoms with Gasteiger partial charge in [0.15, 0.2) is 17.3 Å². The van der Waals surface area contributed by atoms with Crippen LogP contribution in [0.2, 0.25) is 0 Å². The molecule has 0 fully saturated rings. The van der Waals surface area contributed by atoms with Crippen molar-refractivity contribution in [2.24, 2.45) is 0 Å². The molecule has 1 unspecified atom stereocenters. The summed E-state index contributed by atoms with van der Waals surface area (Å²) in [4.78, 5) is 23.6. The minimum atomic E-state index is -2.78. The van der Waals surface area contributed by atoms with Gasteiger partial charge in [0.05, 0.1) is 19.2 Å². The molecule has 0 bridgehead atoms. The molecule has 0 aliphatic rings. The van der Waals surface area contributed by atoms with E-state index in [1.165, 1.54) is 18.2 Å². The maximum absolute atomic E-state index is 14.4. The standard InChI is InChI=1S/C20H22F2N2O6S/c1-20(2,3)23-19(26)11-5-6-16(15(8-11)24-31(27)28)30-17-10-13(21)12(7-14(17)22)9-18(25)29-4/h5-8,10,24H,9H2,1-4H3,(H,23,26)(H,27,28)/p-1. The van der Waals surface area contributed by atoms with Crippen molar-refractivity contribution in [3.63, 3.8) is 0 Å². The molecule has 8 nitrogen and oxygen atoms in total. The number of hydrogen-bond donors (Lipinski definition) is 2. The second-order valence-electron chi connectivity index (χ2n) is 7.48. The molecule has 0 saturated heterocycles. The highest BCUT2D eigenvalue weighted by atomic mass is 32.2. The zero-order valence-corrected chi connectivity index (χ0v) is 18.0. The molecule has 2 N–H and O–H groups in total. The molecule has 2 aromatic carbocycles. The van der Waals surface area contributed by atoms with Gasteiger partial charge in [-0.25, -0.2) is 8.78 Å². The van der Waals surface area contributed by atoms with Crippen LogP contribution in [0.4, 0.5) is 14.5 Å². The number of anilines is 1. The second kappa shape index (κ2) is 9.84. The van der Waals surface area contributed by atoms with E-state index in [1.54, 1.807) is 20.8 Å². The highest BCUT2D eigenvalue weighted by Crippen LogP contribution is 2.33. The molecular weight excluding hydrogens is 434 g/mol. The van der Waals surface area contributed by atoms with Crippen LogP contribution in [-0.4, -0.2) is 33.3 Å². The number of halogens is 2. The largest absolute Gasteiger partial charge is 0.755 e. The molecule has 0 radical (unpaired) electrons. The van der Waals surface area contributed by atoms with Crippen LogP contribution in [0.1, 0.15) is 36.7 Å². The van der Waals surface area contributed by atoms with Crippen molar-refractivity contribution >= 4 is 28.8 Å². The van der Waals surface area contributed by atoms with E-state index < -0.39 is 52.5 Å². The number of carbonyl (C=O) groups excluding carboxylic acids is 2. The molecular formula is C20H21F2N2O6S-. The summed E-state index contributed by atoms with van der Waals surface area (Å²) in [6.07, 6.45) is -0.473. The fraction of sp³-hybridized carbons (Fsp3) is 0.300. The summed E-state index contributed by atoms with van der Waals surface area (Å²) in [5, 5.41) is 2.72. The zero-order valence-electron chi connectivity index (χ0n) is 17.2. The second-order valence-corrected chi connectivity index (χ2v) is 8.15. The number of ether oxygens (including phenoxy) is 2. The molecule has 0 aliphatic carbocycles. The lowest BCUT2D eigenvalue weighted by molar-refractivity contribution is -0.139. The van der Waals surface area contributed by atoms with E-state index in [-0.39, 0.29) is 22.6 Å². The van der Waals surface area contributed by atoms with E-state index in [4.69, 9.17) is 4.74 Å². The summed E-state index contributed by atoms with van der Waals surface area (Å²) in [5.74, 6) is -3.83. The summed E-state index contributed by atoms with van der Waals surface area (Å²) < 4.78 is 62.8. The Hall–Kier alpha value is -3.05. The Balaban J connectivity index is 2.37. The highest BCUT2D eigenvalue weighted by Gasteiger charge is 2.19. The third kappa shape index (κ3) is 7.00. The van der Waals surface area contributed by atoms with Gasteiger partial charge in [0.25, 0.3) is 5.91 Å². The van der Waals surface area contributed by atoms with Gasteiger partial charge in [-0.05, 0) is 45.0 Å². The Morgan fingerprint density at radius 3 is 2.35 bits per heavy atom. The van der Waals surface area contributed by atoms with Crippen LogP contribution < -0.4 is 14.8 Å². The number of esters is 1. The smallest absolute Gasteiger partial charge is 0.310 e. The fourth-order valence-electron chi connectivity index (χ4n) is 2.47. The molecule has 0 aromatic heterocycles. The van der Waals surface area contributed by atoms with Crippen molar-refractivity contribution in [2.45, 2.75) is 32.7 Å². The summed E-state index contributed by atoms with van der Waals surface area (Å²) >= 11 is -2.78. The summed E-state index contributed by atoms with van der Waals surface area (Å²) in [5.41, 5.74) is -0.804. The van der Waals surface area contributed by atoms with Crippen molar-refractivity contribution in [2.75, 3.05) is 11.8 Å². The molecule has 0 heterocycles. The lowest BCUT2D eigenvalue weighted by Crippen LogP contribution is -2.40. The fourth-order valence-corrected chi connectivity index (χ4v) is 2.81. The van der Waals surface area contributed by atoms with Gasteiger partial charge < -0.3 is 24.1 Å². The molecule has 1 atom stereocenters. The normalized spacial score (nSPS) is 12.1. The van der Waals surface area contributed by atoms with Crippen LogP contribution in [-0.2, 0) is 27.2 Å². The minimum absolute atomic E-state index is 0.121. The first-order valence-electron chi connectivity index (χ1n) is 8.94. The predicted octanol–water partition coefficient (Wildman–Crippen LogP) is 3.21. The summed E-state index contributed by atoms with van der Waals surface area (Å²) in [7, 11) is 1.12. The molecule has 2 aromatic rings. The first kappa shape index (κ1) is 24.2. The Kier molecular flexibility index (Phi) is 7.69. The maximum atomic E-state index is 14.4. The molecule has 2 rings (SSSR count). The topological polar surface area (TPSA) is 117 Å². The summed E-state index contributed by atoms with van der Waals surface area (Å²) in [6.45, 7) is 5.32. The molecule has 11 heteroatoms. The average Bonchev–Trinajstić information content (AvgIpc) is 2.65. The van der Waals surface area contributed by atoms with Gasteiger partial charge in [-0.15, -0.1) is 0 Å². The van der Waals surface area contributed by atoms with Crippen LogP contribution in [0.15, 0.2) is 30.3 Å². The van der Waals surface area contributed by atoms with Gasteiger partial charge in [0, 0.05) is 34.0 Å².